The van der Waals surface area contributed by atoms with Crippen molar-refractivity contribution in [3.8, 4) is 6.07 Å². The molecule has 0 saturated carbocycles. The van der Waals surface area contributed by atoms with E-state index in [1.165, 1.54) is 12.2 Å². The van der Waals surface area contributed by atoms with Crippen LogP contribution in [0.2, 0.25) is 0 Å². The van der Waals surface area contributed by atoms with Crippen LogP contribution in [-0.2, 0) is 4.74 Å². The highest BCUT2D eigenvalue weighted by molar-refractivity contribution is 5.70. The molecule has 0 bridgehead atoms. The van der Waals surface area contributed by atoms with Crippen LogP contribution in [0.4, 0.5) is 0 Å². The third-order valence-electron chi connectivity index (χ3n) is 3.39. The summed E-state index contributed by atoms with van der Waals surface area (Å²) < 4.78 is 5.65. The topological polar surface area (TPSA) is 96.4 Å². The van der Waals surface area contributed by atoms with E-state index in [1.807, 2.05) is 0 Å². The molecule has 1 heterocycles. The zero-order valence-corrected chi connectivity index (χ0v) is 10.8. The highest BCUT2D eigenvalue weighted by Gasteiger charge is 2.28. The van der Waals surface area contributed by atoms with E-state index in [2.05, 4.69) is 0 Å². The maximum atomic E-state index is 10.9. The average Bonchev–Trinajstić information content (AvgIpc) is 2.52. The number of nitriles is 1. The summed E-state index contributed by atoms with van der Waals surface area (Å²) in [7, 11) is 0. The Labute approximate surface area is 119 Å². The molecule has 1 N–H and O–H groups in total. The predicted octanol–water partition coefficient (Wildman–Crippen LogP) is -0.0408. The van der Waals surface area contributed by atoms with Gasteiger partial charge in [-0.1, -0.05) is 24.3 Å². The molecule has 0 aromatic heterocycles. The number of nitro groups is 1. The SMILES string of the molecule is N#CC(O)C1=c2ccccc2=C2C=C([N+](=O)[O-])C=CC2O1. The molecule has 0 saturated heterocycles. The molecular formula is C15H10N2O4. The van der Waals surface area contributed by atoms with Crippen LogP contribution >= 0.6 is 0 Å². The number of ether oxygens (including phenoxy) is 1. The maximum absolute atomic E-state index is 10.9. The number of rotatable bonds is 2. The minimum absolute atomic E-state index is 0.0241. The number of hydrogen-bond acceptors (Lipinski definition) is 5. The first-order valence-corrected chi connectivity index (χ1v) is 6.24. The van der Waals surface area contributed by atoms with Crippen molar-refractivity contribution in [1.82, 2.24) is 0 Å². The minimum atomic E-state index is -1.37. The van der Waals surface area contributed by atoms with Crippen LogP contribution in [0, 0.1) is 21.4 Å². The lowest BCUT2D eigenvalue weighted by atomic mass is 9.96. The second-order valence-corrected chi connectivity index (χ2v) is 4.62. The molecule has 2 atom stereocenters. The summed E-state index contributed by atoms with van der Waals surface area (Å²) >= 11 is 0. The Hall–Kier alpha value is -2.91. The van der Waals surface area contributed by atoms with E-state index in [-0.39, 0.29) is 11.5 Å². The van der Waals surface area contributed by atoms with Crippen LogP contribution in [0.1, 0.15) is 0 Å². The third-order valence-corrected chi connectivity index (χ3v) is 3.39. The van der Waals surface area contributed by atoms with E-state index >= 15 is 0 Å². The van der Waals surface area contributed by atoms with Crippen molar-refractivity contribution in [2.24, 2.45) is 0 Å². The van der Waals surface area contributed by atoms with Crippen molar-refractivity contribution in [3.63, 3.8) is 0 Å². The molecule has 0 amide bonds. The number of benzene rings is 1. The summed E-state index contributed by atoms with van der Waals surface area (Å²) in [6.45, 7) is 0. The fourth-order valence-corrected chi connectivity index (χ4v) is 2.45. The van der Waals surface area contributed by atoms with Crippen LogP contribution in [0.3, 0.4) is 0 Å². The van der Waals surface area contributed by atoms with Gasteiger partial charge in [0, 0.05) is 22.9 Å². The van der Waals surface area contributed by atoms with Gasteiger partial charge in [-0.2, -0.15) is 5.26 Å². The monoisotopic (exact) mass is 282 g/mol. The highest BCUT2D eigenvalue weighted by atomic mass is 16.6. The van der Waals surface area contributed by atoms with E-state index in [9.17, 15) is 15.2 Å². The smallest absolute Gasteiger partial charge is 0.269 e. The Balaban J connectivity index is 2.35. The average molecular weight is 282 g/mol. The summed E-state index contributed by atoms with van der Waals surface area (Å²) in [5.41, 5.74) is 0.623. The Morgan fingerprint density at radius 3 is 2.76 bits per heavy atom. The van der Waals surface area contributed by atoms with E-state index in [1.54, 1.807) is 36.4 Å². The van der Waals surface area contributed by atoms with Crippen LogP contribution in [0.15, 0.2) is 48.2 Å². The third kappa shape index (κ3) is 2.10. The van der Waals surface area contributed by atoms with Gasteiger partial charge in [0.05, 0.1) is 4.92 Å². The molecule has 104 valence electrons. The molecule has 1 aliphatic carbocycles. The van der Waals surface area contributed by atoms with Crippen molar-refractivity contribution in [3.05, 3.63) is 68.7 Å². The van der Waals surface area contributed by atoms with Crippen LogP contribution < -0.4 is 10.4 Å². The summed E-state index contributed by atoms with van der Waals surface area (Å²) in [4.78, 5) is 10.4. The van der Waals surface area contributed by atoms with E-state index in [0.29, 0.717) is 10.8 Å². The quantitative estimate of drug-likeness (QED) is 0.466. The zero-order chi connectivity index (χ0) is 15.0. The largest absolute Gasteiger partial charge is 0.481 e. The van der Waals surface area contributed by atoms with Gasteiger partial charge in [0.2, 0.25) is 0 Å². The molecule has 0 fully saturated rings. The van der Waals surface area contributed by atoms with Gasteiger partial charge in [-0.15, -0.1) is 0 Å². The molecule has 1 aromatic carbocycles. The molecule has 2 aliphatic rings. The first-order valence-electron chi connectivity index (χ1n) is 6.24. The molecular weight excluding hydrogens is 272 g/mol. The van der Waals surface area contributed by atoms with Crippen molar-refractivity contribution in [1.29, 1.82) is 5.26 Å². The molecule has 21 heavy (non-hydrogen) atoms. The first kappa shape index (κ1) is 13.1. The van der Waals surface area contributed by atoms with Gasteiger partial charge in [-0.3, -0.25) is 10.1 Å². The van der Waals surface area contributed by atoms with Crippen LogP contribution in [0.25, 0.3) is 11.3 Å². The highest BCUT2D eigenvalue weighted by Crippen LogP contribution is 2.24. The number of aliphatic hydroxyl groups excluding tert-OH is 1. The lowest BCUT2D eigenvalue weighted by Crippen LogP contribution is -2.41. The summed E-state index contributed by atoms with van der Waals surface area (Å²) in [5, 5.41) is 30.9. The maximum Gasteiger partial charge on any atom is 0.269 e. The number of nitrogens with zero attached hydrogens (tertiary/aromatic N) is 2. The normalized spacial score (nSPS) is 20.6. The lowest BCUT2D eigenvalue weighted by molar-refractivity contribution is -0.419. The molecule has 6 heteroatoms. The van der Waals surface area contributed by atoms with E-state index in [0.717, 1.165) is 5.22 Å². The molecule has 1 aliphatic heterocycles. The Kier molecular flexibility index (Phi) is 3.05. The number of aliphatic hydroxyl groups is 1. The molecule has 2 unspecified atom stereocenters. The van der Waals surface area contributed by atoms with Crippen LogP contribution in [0.5, 0.6) is 0 Å². The van der Waals surface area contributed by atoms with Crippen molar-refractivity contribution >= 4 is 11.3 Å². The van der Waals surface area contributed by atoms with E-state index in [4.69, 9.17) is 10.00 Å². The summed E-state index contributed by atoms with van der Waals surface area (Å²) in [6.07, 6.45) is 2.45. The zero-order valence-electron chi connectivity index (χ0n) is 10.8. The van der Waals surface area contributed by atoms with Gasteiger partial charge in [-0.05, 0) is 11.3 Å². The number of hydrogen-bond donors (Lipinski definition) is 1. The standard InChI is InChI=1S/C15H10N2O4/c16-8-13(18)15-11-4-2-1-3-10(11)12-7-9(17(19)20)5-6-14(12)21-15/h1-7,13-14,18H. The fourth-order valence-electron chi connectivity index (χ4n) is 2.45. The van der Waals surface area contributed by atoms with Gasteiger partial charge >= 0.3 is 0 Å². The Bertz CT molecular complexity index is 845. The minimum Gasteiger partial charge on any atom is -0.481 e. The van der Waals surface area contributed by atoms with Gasteiger partial charge in [0.1, 0.15) is 17.9 Å². The molecule has 0 radical (unpaired) electrons. The summed E-state index contributed by atoms with van der Waals surface area (Å²) in [6, 6.07) is 8.79. The Morgan fingerprint density at radius 2 is 2.10 bits per heavy atom. The first-order chi connectivity index (χ1) is 10.1. The van der Waals surface area contributed by atoms with Gasteiger partial charge in [0.15, 0.2) is 6.10 Å². The fraction of sp³-hybridized carbons (Fsp3) is 0.133. The second-order valence-electron chi connectivity index (χ2n) is 4.62. The van der Waals surface area contributed by atoms with Gasteiger partial charge < -0.3 is 9.84 Å². The lowest BCUT2D eigenvalue weighted by Gasteiger charge is -2.25. The number of fused-ring (bicyclic) bond motifs is 2. The van der Waals surface area contributed by atoms with Crippen molar-refractivity contribution < 1.29 is 14.8 Å². The predicted molar refractivity (Wildman–Crippen MR) is 73.2 cm³/mol. The van der Waals surface area contributed by atoms with Gasteiger partial charge in [0.25, 0.3) is 5.70 Å². The van der Waals surface area contributed by atoms with Crippen molar-refractivity contribution in [2.45, 2.75) is 12.2 Å². The van der Waals surface area contributed by atoms with Crippen LogP contribution in [-0.4, -0.2) is 22.2 Å². The molecule has 3 rings (SSSR count). The number of allylic oxidation sites excluding steroid dienone is 1. The molecule has 0 spiro atoms. The van der Waals surface area contributed by atoms with E-state index < -0.39 is 17.1 Å². The Morgan fingerprint density at radius 1 is 1.38 bits per heavy atom. The summed E-state index contributed by atoms with van der Waals surface area (Å²) in [5.74, 6) is 0.171. The molecule has 1 aromatic rings. The van der Waals surface area contributed by atoms with Crippen molar-refractivity contribution in [2.75, 3.05) is 0 Å². The molecule has 6 nitrogen and oxygen atoms in total. The second kappa shape index (κ2) is 4.89. The van der Waals surface area contributed by atoms with Gasteiger partial charge in [-0.25, -0.2) is 0 Å².